The van der Waals surface area contributed by atoms with Crippen LogP contribution in [-0.2, 0) is 0 Å². The Balaban J connectivity index is 1.76. The van der Waals surface area contributed by atoms with Gasteiger partial charge in [-0.15, -0.1) is 0 Å². The molecule has 1 aromatic heterocycles. The Bertz CT molecular complexity index is 1090. The standard InChI is InChI=1S/C21H19Cl2N3O3/c1-12-4-5-13(2)26(12)15-6-7-16(17(22)10-15)21(28)25-24-11-14-8-18(23)20(27)19(9-14)29-3/h4-11,27H,1-3H3,(H,25,28)/b24-11-. The molecule has 1 heterocycles. The Morgan fingerprint density at radius 2 is 1.79 bits per heavy atom. The molecule has 0 bridgehead atoms. The van der Waals surface area contributed by atoms with E-state index in [-0.39, 0.29) is 16.5 Å². The molecule has 8 heteroatoms. The molecule has 0 saturated heterocycles. The number of phenolic OH excluding ortho intramolecular Hbond substituents is 1. The Morgan fingerprint density at radius 3 is 2.41 bits per heavy atom. The second kappa shape index (κ2) is 8.59. The number of hydrogen-bond donors (Lipinski definition) is 2. The third-order valence-electron chi connectivity index (χ3n) is 4.38. The summed E-state index contributed by atoms with van der Waals surface area (Å²) >= 11 is 12.3. The summed E-state index contributed by atoms with van der Waals surface area (Å²) < 4.78 is 7.08. The van der Waals surface area contributed by atoms with Crippen LogP contribution in [0.15, 0.2) is 47.6 Å². The van der Waals surface area contributed by atoms with E-state index >= 15 is 0 Å². The molecule has 0 unspecified atom stereocenters. The summed E-state index contributed by atoms with van der Waals surface area (Å²) in [6, 6.07) is 12.3. The van der Waals surface area contributed by atoms with Gasteiger partial charge in [-0.05, 0) is 61.9 Å². The highest BCUT2D eigenvalue weighted by Crippen LogP contribution is 2.34. The number of aromatic hydroxyl groups is 1. The summed E-state index contributed by atoms with van der Waals surface area (Å²) in [6.45, 7) is 4.00. The molecule has 150 valence electrons. The summed E-state index contributed by atoms with van der Waals surface area (Å²) in [5.41, 5.74) is 6.30. The largest absolute Gasteiger partial charge is 0.503 e. The highest BCUT2D eigenvalue weighted by molar-refractivity contribution is 6.34. The van der Waals surface area contributed by atoms with Gasteiger partial charge in [-0.3, -0.25) is 4.79 Å². The van der Waals surface area contributed by atoms with E-state index in [9.17, 15) is 9.90 Å². The summed E-state index contributed by atoms with van der Waals surface area (Å²) in [5, 5.41) is 14.1. The second-order valence-electron chi connectivity index (χ2n) is 6.37. The lowest BCUT2D eigenvalue weighted by molar-refractivity contribution is 0.0955. The van der Waals surface area contributed by atoms with E-state index in [1.54, 1.807) is 18.2 Å². The number of carbonyl (C=O) groups is 1. The minimum absolute atomic E-state index is 0.117. The van der Waals surface area contributed by atoms with Crippen molar-refractivity contribution in [3.05, 3.63) is 75.0 Å². The van der Waals surface area contributed by atoms with Gasteiger partial charge in [0.25, 0.3) is 5.91 Å². The molecule has 0 spiro atoms. The number of nitrogens with one attached hydrogen (secondary N) is 1. The maximum atomic E-state index is 12.4. The highest BCUT2D eigenvalue weighted by Gasteiger charge is 2.13. The van der Waals surface area contributed by atoms with Crippen LogP contribution in [0.4, 0.5) is 0 Å². The average Bonchev–Trinajstić information content (AvgIpc) is 3.02. The first kappa shape index (κ1) is 20.8. The zero-order chi connectivity index (χ0) is 21.1. The Labute approximate surface area is 178 Å². The number of hydrazone groups is 1. The van der Waals surface area contributed by atoms with E-state index < -0.39 is 5.91 Å². The zero-order valence-electron chi connectivity index (χ0n) is 16.0. The van der Waals surface area contributed by atoms with Crippen molar-refractivity contribution in [3.63, 3.8) is 0 Å². The highest BCUT2D eigenvalue weighted by atomic mass is 35.5. The molecule has 3 rings (SSSR count). The van der Waals surface area contributed by atoms with Gasteiger partial charge < -0.3 is 14.4 Å². The maximum Gasteiger partial charge on any atom is 0.272 e. The molecule has 2 aromatic carbocycles. The number of ether oxygens (including phenoxy) is 1. The third-order valence-corrected chi connectivity index (χ3v) is 4.98. The number of hydrogen-bond acceptors (Lipinski definition) is 4. The topological polar surface area (TPSA) is 75.8 Å². The lowest BCUT2D eigenvalue weighted by atomic mass is 10.2. The number of rotatable bonds is 5. The van der Waals surface area contributed by atoms with Crippen LogP contribution in [0, 0.1) is 13.8 Å². The van der Waals surface area contributed by atoms with Gasteiger partial charge in [0.2, 0.25) is 0 Å². The molecule has 0 aliphatic rings. The predicted octanol–water partition coefficient (Wildman–Crippen LogP) is 4.88. The number of phenols is 1. The van der Waals surface area contributed by atoms with Gasteiger partial charge in [-0.2, -0.15) is 5.10 Å². The van der Waals surface area contributed by atoms with Crippen molar-refractivity contribution in [2.24, 2.45) is 5.10 Å². The van der Waals surface area contributed by atoms with Crippen LogP contribution in [0.5, 0.6) is 11.5 Å². The van der Waals surface area contributed by atoms with Gasteiger partial charge in [0.05, 0.1) is 28.9 Å². The molecule has 0 aliphatic carbocycles. The van der Waals surface area contributed by atoms with E-state index in [1.807, 2.05) is 36.6 Å². The van der Waals surface area contributed by atoms with Crippen molar-refractivity contribution in [1.82, 2.24) is 9.99 Å². The van der Waals surface area contributed by atoms with Crippen LogP contribution >= 0.6 is 23.2 Å². The van der Waals surface area contributed by atoms with Gasteiger partial charge in [0.1, 0.15) is 0 Å². The molecule has 29 heavy (non-hydrogen) atoms. The molecule has 0 atom stereocenters. The average molecular weight is 432 g/mol. The van der Waals surface area contributed by atoms with Crippen molar-refractivity contribution in [2.45, 2.75) is 13.8 Å². The van der Waals surface area contributed by atoms with Gasteiger partial charge in [0.15, 0.2) is 11.5 Å². The fourth-order valence-corrected chi connectivity index (χ4v) is 3.43. The minimum atomic E-state index is -0.449. The number of methoxy groups -OCH3 is 1. The molecule has 6 nitrogen and oxygen atoms in total. The number of nitrogens with zero attached hydrogens (tertiary/aromatic N) is 2. The van der Waals surface area contributed by atoms with Crippen LogP contribution < -0.4 is 10.2 Å². The lowest BCUT2D eigenvalue weighted by Gasteiger charge is -2.11. The van der Waals surface area contributed by atoms with Crippen LogP contribution in [0.2, 0.25) is 10.0 Å². The molecule has 3 aromatic rings. The Kier molecular flexibility index (Phi) is 6.15. The number of amides is 1. The quantitative estimate of drug-likeness (QED) is 0.446. The molecule has 2 N–H and O–H groups in total. The van der Waals surface area contributed by atoms with Crippen LogP contribution in [-0.4, -0.2) is 28.9 Å². The second-order valence-corrected chi connectivity index (χ2v) is 7.18. The van der Waals surface area contributed by atoms with Crippen LogP contribution in [0.25, 0.3) is 5.69 Å². The minimum Gasteiger partial charge on any atom is -0.503 e. The first-order valence-corrected chi connectivity index (χ1v) is 9.42. The fourth-order valence-electron chi connectivity index (χ4n) is 2.95. The fraction of sp³-hybridized carbons (Fsp3) is 0.143. The molecule has 0 fully saturated rings. The molecule has 0 radical (unpaired) electrons. The summed E-state index contributed by atoms with van der Waals surface area (Å²) in [5.74, 6) is -0.398. The van der Waals surface area contributed by atoms with Crippen molar-refractivity contribution < 1.29 is 14.6 Å². The van der Waals surface area contributed by atoms with Gasteiger partial charge in [0, 0.05) is 17.1 Å². The molecule has 0 saturated carbocycles. The van der Waals surface area contributed by atoms with E-state index in [0.29, 0.717) is 16.1 Å². The number of aromatic nitrogens is 1. The number of carbonyl (C=O) groups excluding carboxylic acids is 1. The smallest absolute Gasteiger partial charge is 0.272 e. The monoisotopic (exact) mass is 431 g/mol. The normalized spacial score (nSPS) is 11.1. The van der Waals surface area contributed by atoms with Crippen LogP contribution in [0.3, 0.4) is 0 Å². The van der Waals surface area contributed by atoms with E-state index in [2.05, 4.69) is 10.5 Å². The van der Waals surface area contributed by atoms with Gasteiger partial charge in [-0.1, -0.05) is 23.2 Å². The van der Waals surface area contributed by atoms with E-state index in [4.69, 9.17) is 27.9 Å². The maximum absolute atomic E-state index is 12.4. The Hall–Kier alpha value is -2.96. The summed E-state index contributed by atoms with van der Waals surface area (Å²) in [4.78, 5) is 12.4. The third kappa shape index (κ3) is 4.39. The number of benzene rings is 2. The first-order valence-electron chi connectivity index (χ1n) is 8.66. The van der Waals surface area contributed by atoms with E-state index in [0.717, 1.165) is 17.1 Å². The number of halogens is 2. The SMILES string of the molecule is COc1cc(/C=N\NC(=O)c2ccc(-n3c(C)ccc3C)cc2Cl)cc(Cl)c1O. The summed E-state index contributed by atoms with van der Waals surface area (Å²) in [7, 11) is 1.41. The van der Waals surface area contributed by atoms with Crippen molar-refractivity contribution in [1.29, 1.82) is 0 Å². The predicted molar refractivity (Wildman–Crippen MR) is 115 cm³/mol. The lowest BCUT2D eigenvalue weighted by Crippen LogP contribution is -2.18. The van der Waals surface area contributed by atoms with Crippen molar-refractivity contribution in [3.8, 4) is 17.2 Å². The van der Waals surface area contributed by atoms with Gasteiger partial charge in [-0.25, -0.2) is 5.43 Å². The molecule has 1 amide bonds. The number of aryl methyl sites for hydroxylation is 2. The zero-order valence-corrected chi connectivity index (χ0v) is 17.5. The van der Waals surface area contributed by atoms with Crippen molar-refractivity contribution in [2.75, 3.05) is 7.11 Å². The molecular weight excluding hydrogens is 413 g/mol. The van der Waals surface area contributed by atoms with Crippen LogP contribution in [0.1, 0.15) is 27.3 Å². The van der Waals surface area contributed by atoms with Crippen molar-refractivity contribution >= 4 is 35.3 Å². The summed E-state index contributed by atoms with van der Waals surface area (Å²) in [6.07, 6.45) is 1.39. The molecular formula is C21H19Cl2N3O3. The molecule has 0 aliphatic heterocycles. The van der Waals surface area contributed by atoms with E-state index in [1.165, 1.54) is 19.4 Å². The Morgan fingerprint density at radius 1 is 1.10 bits per heavy atom. The van der Waals surface area contributed by atoms with Gasteiger partial charge >= 0.3 is 0 Å². The first-order chi connectivity index (χ1) is 13.8.